The maximum Gasteiger partial charge on any atom is 0.236 e. The maximum atomic E-state index is 12.7. The summed E-state index contributed by atoms with van der Waals surface area (Å²) in [4.78, 5) is 15.6. The van der Waals surface area contributed by atoms with Crippen molar-refractivity contribution in [3.05, 3.63) is 24.3 Å². The predicted octanol–water partition coefficient (Wildman–Crippen LogP) is 2.17. The van der Waals surface area contributed by atoms with Crippen LogP contribution in [0.4, 0.5) is 0 Å². The van der Waals surface area contributed by atoms with Gasteiger partial charge in [0.1, 0.15) is 0 Å². The molecule has 2 rings (SSSR count). The van der Waals surface area contributed by atoms with Crippen molar-refractivity contribution in [3.8, 4) is 0 Å². The molecule has 2 unspecified atom stereocenters. The molecule has 134 valence electrons. The number of sulfone groups is 1. The van der Waals surface area contributed by atoms with Gasteiger partial charge in [0.15, 0.2) is 9.84 Å². The van der Waals surface area contributed by atoms with Gasteiger partial charge in [-0.3, -0.25) is 4.79 Å². The maximum absolute atomic E-state index is 12.7. The minimum absolute atomic E-state index is 0.0664. The SMILES string of the molecule is CCCS(=O)(=O)c1ccccc1SC(C)C(=O)N1CCNCC1C. The quantitative estimate of drug-likeness (QED) is 0.778. The Morgan fingerprint density at radius 1 is 1.42 bits per heavy atom. The summed E-state index contributed by atoms with van der Waals surface area (Å²) in [7, 11) is -3.30. The summed E-state index contributed by atoms with van der Waals surface area (Å²) in [6.45, 7) is 8.03. The molecule has 0 saturated carbocycles. The minimum Gasteiger partial charge on any atom is -0.336 e. The van der Waals surface area contributed by atoms with Gasteiger partial charge in [0.25, 0.3) is 0 Å². The normalized spacial score (nSPS) is 20.0. The van der Waals surface area contributed by atoms with E-state index in [1.54, 1.807) is 18.2 Å². The lowest BCUT2D eigenvalue weighted by molar-refractivity contribution is -0.133. The number of benzene rings is 1. The van der Waals surface area contributed by atoms with Crippen LogP contribution in [0.15, 0.2) is 34.1 Å². The zero-order chi connectivity index (χ0) is 17.7. The van der Waals surface area contributed by atoms with Gasteiger partial charge in [-0.25, -0.2) is 8.42 Å². The molecule has 1 aromatic rings. The lowest BCUT2D eigenvalue weighted by Crippen LogP contribution is -2.54. The first kappa shape index (κ1) is 19.3. The monoisotopic (exact) mass is 370 g/mol. The fourth-order valence-electron chi connectivity index (χ4n) is 2.83. The lowest BCUT2D eigenvalue weighted by Gasteiger charge is -2.35. The highest BCUT2D eigenvalue weighted by Crippen LogP contribution is 2.31. The van der Waals surface area contributed by atoms with E-state index in [4.69, 9.17) is 0 Å². The van der Waals surface area contributed by atoms with E-state index >= 15 is 0 Å². The number of rotatable bonds is 6. The molecular formula is C17H26N2O3S2. The molecule has 1 fully saturated rings. The highest BCUT2D eigenvalue weighted by atomic mass is 32.2. The Labute approximate surface area is 149 Å². The first-order valence-electron chi connectivity index (χ1n) is 8.36. The molecule has 1 amide bonds. The van der Waals surface area contributed by atoms with E-state index in [1.807, 2.05) is 31.7 Å². The van der Waals surface area contributed by atoms with Crippen LogP contribution in [0.1, 0.15) is 27.2 Å². The van der Waals surface area contributed by atoms with Crippen LogP contribution in [0.2, 0.25) is 0 Å². The van der Waals surface area contributed by atoms with Crippen LogP contribution >= 0.6 is 11.8 Å². The van der Waals surface area contributed by atoms with Gasteiger partial charge < -0.3 is 10.2 Å². The standard InChI is InChI=1S/C17H26N2O3S2/c1-4-11-24(21,22)16-8-6-5-7-15(16)23-14(3)17(20)19-10-9-18-12-13(19)2/h5-8,13-14,18H,4,9-12H2,1-3H3. The van der Waals surface area contributed by atoms with E-state index in [1.165, 1.54) is 11.8 Å². The van der Waals surface area contributed by atoms with Gasteiger partial charge in [0.05, 0.1) is 15.9 Å². The second-order valence-corrected chi connectivity index (χ2v) is 9.57. The van der Waals surface area contributed by atoms with E-state index in [0.29, 0.717) is 22.8 Å². The van der Waals surface area contributed by atoms with Crippen molar-refractivity contribution in [3.63, 3.8) is 0 Å². The Bertz CT molecular complexity index is 676. The largest absolute Gasteiger partial charge is 0.336 e. The third-order valence-corrected chi connectivity index (χ3v) is 7.36. The Morgan fingerprint density at radius 3 is 2.79 bits per heavy atom. The Balaban J connectivity index is 2.17. The van der Waals surface area contributed by atoms with Crippen molar-refractivity contribution in [1.82, 2.24) is 10.2 Å². The molecule has 2 atom stereocenters. The van der Waals surface area contributed by atoms with Crippen LogP contribution in [-0.4, -0.2) is 55.9 Å². The second-order valence-electron chi connectivity index (χ2n) is 6.11. The van der Waals surface area contributed by atoms with E-state index in [0.717, 1.165) is 13.1 Å². The van der Waals surface area contributed by atoms with Crippen LogP contribution in [0.3, 0.4) is 0 Å². The average Bonchev–Trinajstić information content (AvgIpc) is 2.55. The Hall–Kier alpha value is -1.05. The fourth-order valence-corrected chi connectivity index (χ4v) is 5.73. The van der Waals surface area contributed by atoms with E-state index in [-0.39, 0.29) is 23.0 Å². The number of hydrogen-bond donors (Lipinski definition) is 1. The highest BCUT2D eigenvalue weighted by molar-refractivity contribution is 8.01. The molecule has 1 N–H and O–H groups in total. The van der Waals surface area contributed by atoms with Crippen LogP contribution in [0, 0.1) is 0 Å². The zero-order valence-corrected chi connectivity index (χ0v) is 16.1. The Morgan fingerprint density at radius 2 is 2.12 bits per heavy atom. The lowest BCUT2D eigenvalue weighted by atomic mass is 10.2. The van der Waals surface area contributed by atoms with E-state index in [2.05, 4.69) is 5.32 Å². The number of piperazine rings is 1. The number of amides is 1. The van der Waals surface area contributed by atoms with Crippen LogP contribution in [0.5, 0.6) is 0 Å². The van der Waals surface area contributed by atoms with Gasteiger partial charge in [-0.1, -0.05) is 19.1 Å². The molecule has 0 bridgehead atoms. The first-order valence-corrected chi connectivity index (χ1v) is 10.9. The van der Waals surface area contributed by atoms with Crippen molar-refractivity contribution in [1.29, 1.82) is 0 Å². The number of nitrogens with one attached hydrogen (secondary N) is 1. The third-order valence-electron chi connectivity index (χ3n) is 4.09. The van der Waals surface area contributed by atoms with Gasteiger partial charge in [-0.15, -0.1) is 11.8 Å². The summed E-state index contributed by atoms with van der Waals surface area (Å²) in [5.74, 6) is 0.193. The number of thioether (sulfide) groups is 1. The van der Waals surface area contributed by atoms with E-state index < -0.39 is 9.84 Å². The molecule has 1 saturated heterocycles. The van der Waals surface area contributed by atoms with Gasteiger partial charge in [0.2, 0.25) is 5.91 Å². The molecule has 0 spiro atoms. The number of carbonyl (C=O) groups excluding carboxylic acids is 1. The molecule has 24 heavy (non-hydrogen) atoms. The zero-order valence-electron chi connectivity index (χ0n) is 14.5. The summed E-state index contributed by atoms with van der Waals surface area (Å²) in [5.41, 5.74) is 0. The number of hydrogen-bond acceptors (Lipinski definition) is 5. The van der Waals surface area contributed by atoms with E-state index in [9.17, 15) is 13.2 Å². The summed E-state index contributed by atoms with van der Waals surface area (Å²) in [5, 5.41) is 2.95. The first-order chi connectivity index (χ1) is 11.4. The van der Waals surface area contributed by atoms with Crippen molar-refractivity contribution in [2.75, 3.05) is 25.4 Å². The summed E-state index contributed by atoms with van der Waals surface area (Å²) >= 11 is 1.34. The molecular weight excluding hydrogens is 344 g/mol. The van der Waals surface area contributed by atoms with Crippen molar-refractivity contribution < 1.29 is 13.2 Å². The topological polar surface area (TPSA) is 66.5 Å². The molecule has 0 aromatic heterocycles. The van der Waals surface area contributed by atoms with Gasteiger partial charge in [0, 0.05) is 30.6 Å². The molecule has 5 nitrogen and oxygen atoms in total. The number of carbonyl (C=O) groups is 1. The molecule has 0 aliphatic carbocycles. The number of nitrogens with zero attached hydrogens (tertiary/aromatic N) is 1. The highest BCUT2D eigenvalue weighted by Gasteiger charge is 2.28. The minimum atomic E-state index is -3.30. The average molecular weight is 371 g/mol. The molecule has 1 aliphatic rings. The van der Waals surface area contributed by atoms with Crippen LogP contribution < -0.4 is 5.32 Å². The smallest absolute Gasteiger partial charge is 0.236 e. The molecule has 1 heterocycles. The summed E-state index contributed by atoms with van der Waals surface area (Å²) in [6, 6.07) is 7.14. The Kier molecular flexibility index (Phi) is 6.71. The van der Waals surface area contributed by atoms with Crippen LogP contribution in [-0.2, 0) is 14.6 Å². The van der Waals surface area contributed by atoms with Crippen molar-refractivity contribution in [2.45, 2.75) is 48.3 Å². The van der Waals surface area contributed by atoms with Gasteiger partial charge in [-0.2, -0.15) is 0 Å². The second kappa shape index (κ2) is 8.36. The predicted molar refractivity (Wildman–Crippen MR) is 98.1 cm³/mol. The molecule has 1 aromatic carbocycles. The summed E-state index contributed by atoms with van der Waals surface area (Å²) in [6.07, 6.45) is 0.577. The van der Waals surface area contributed by atoms with Crippen molar-refractivity contribution >= 4 is 27.5 Å². The van der Waals surface area contributed by atoms with Crippen LogP contribution in [0.25, 0.3) is 0 Å². The fraction of sp³-hybridized carbons (Fsp3) is 0.588. The van der Waals surface area contributed by atoms with Crippen molar-refractivity contribution in [2.24, 2.45) is 0 Å². The van der Waals surface area contributed by atoms with Gasteiger partial charge >= 0.3 is 0 Å². The molecule has 0 radical (unpaired) electrons. The van der Waals surface area contributed by atoms with Gasteiger partial charge in [-0.05, 0) is 32.4 Å². The molecule has 1 aliphatic heterocycles. The molecule has 7 heteroatoms. The summed E-state index contributed by atoms with van der Waals surface area (Å²) < 4.78 is 24.9. The third kappa shape index (κ3) is 4.52.